The second kappa shape index (κ2) is 10.5. The number of fused-ring (bicyclic) bond motifs is 1. The van der Waals surface area contributed by atoms with Crippen LogP contribution in [-0.4, -0.2) is 53.9 Å². The molecule has 0 saturated carbocycles. The number of benzene rings is 2. The number of carbonyl (C=O) groups is 1. The van der Waals surface area contributed by atoms with Crippen LogP contribution in [0.4, 0.5) is 0 Å². The molecule has 4 aromatic rings. The van der Waals surface area contributed by atoms with Crippen LogP contribution in [0.25, 0.3) is 22.3 Å². The summed E-state index contributed by atoms with van der Waals surface area (Å²) in [5, 5.41) is 15.8. The van der Waals surface area contributed by atoms with Crippen molar-refractivity contribution in [3.05, 3.63) is 82.4 Å². The molecule has 1 aliphatic heterocycles. The standard InChI is InChI=1S/C29H34N6O3/c1-20(22-6-4-3-5-7-22)16-24(36)34-14-12-29(38,13-15-34)18-35-19-31-25-26(28(35)37)32-33(2)27(25)23-10-8-21(17-30)9-11-23/h3-11,19-20,38H,12-18,30H2,1-2H3. The minimum atomic E-state index is -1.10. The first-order valence-electron chi connectivity index (χ1n) is 13.0. The van der Waals surface area contributed by atoms with Crippen LogP contribution < -0.4 is 11.3 Å². The summed E-state index contributed by atoms with van der Waals surface area (Å²) in [7, 11) is 1.79. The highest BCUT2D eigenvalue weighted by Crippen LogP contribution is 2.28. The number of likely N-dealkylation sites (tertiary alicyclic amines) is 1. The van der Waals surface area contributed by atoms with Gasteiger partial charge in [-0.2, -0.15) is 5.10 Å². The van der Waals surface area contributed by atoms with Crippen LogP contribution in [0.15, 0.2) is 65.7 Å². The summed E-state index contributed by atoms with van der Waals surface area (Å²) in [6, 6.07) is 17.8. The maximum atomic E-state index is 13.3. The molecule has 198 valence electrons. The molecule has 1 unspecified atom stereocenters. The van der Waals surface area contributed by atoms with Gasteiger partial charge in [-0.3, -0.25) is 18.8 Å². The third-order valence-corrected chi connectivity index (χ3v) is 7.64. The van der Waals surface area contributed by atoms with Gasteiger partial charge in [0.1, 0.15) is 5.52 Å². The number of nitrogens with zero attached hydrogens (tertiary/aromatic N) is 5. The molecule has 3 N–H and O–H groups in total. The zero-order valence-electron chi connectivity index (χ0n) is 21.9. The summed E-state index contributed by atoms with van der Waals surface area (Å²) in [6.07, 6.45) is 2.70. The fourth-order valence-corrected chi connectivity index (χ4v) is 5.27. The molecule has 2 aromatic carbocycles. The van der Waals surface area contributed by atoms with E-state index in [0.717, 1.165) is 22.4 Å². The predicted molar refractivity (Wildman–Crippen MR) is 146 cm³/mol. The van der Waals surface area contributed by atoms with Crippen LogP contribution in [-0.2, 0) is 24.9 Å². The lowest BCUT2D eigenvalue weighted by Gasteiger charge is -2.38. The lowest BCUT2D eigenvalue weighted by atomic mass is 9.90. The number of hydrogen-bond acceptors (Lipinski definition) is 6. The molecule has 2 aromatic heterocycles. The molecule has 0 spiro atoms. The Labute approximate surface area is 221 Å². The molecule has 3 heterocycles. The molecule has 5 rings (SSSR count). The van der Waals surface area contributed by atoms with Crippen molar-refractivity contribution >= 4 is 16.9 Å². The molecule has 1 amide bonds. The van der Waals surface area contributed by atoms with E-state index >= 15 is 0 Å². The largest absolute Gasteiger partial charge is 0.388 e. The summed E-state index contributed by atoms with van der Waals surface area (Å²) in [6.45, 7) is 3.52. The van der Waals surface area contributed by atoms with Gasteiger partial charge in [0.15, 0.2) is 5.52 Å². The molecule has 1 fully saturated rings. The minimum absolute atomic E-state index is 0.0872. The predicted octanol–water partition coefficient (Wildman–Crippen LogP) is 2.80. The van der Waals surface area contributed by atoms with Gasteiger partial charge in [-0.05, 0) is 29.9 Å². The monoisotopic (exact) mass is 514 g/mol. The Kier molecular flexibility index (Phi) is 7.14. The van der Waals surface area contributed by atoms with E-state index in [1.807, 2.05) is 59.5 Å². The first-order valence-corrected chi connectivity index (χ1v) is 13.0. The molecule has 9 heteroatoms. The van der Waals surface area contributed by atoms with Crippen molar-refractivity contribution in [2.75, 3.05) is 13.1 Å². The van der Waals surface area contributed by atoms with E-state index in [-0.39, 0.29) is 29.4 Å². The van der Waals surface area contributed by atoms with Crippen molar-refractivity contribution in [1.29, 1.82) is 0 Å². The minimum Gasteiger partial charge on any atom is -0.388 e. The second-order valence-corrected chi connectivity index (χ2v) is 10.4. The third kappa shape index (κ3) is 5.12. The van der Waals surface area contributed by atoms with Gasteiger partial charge in [-0.25, -0.2) is 4.98 Å². The van der Waals surface area contributed by atoms with E-state index in [0.29, 0.717) is 44.4 Å². The highest BCUT2D eigenvalue weighted by Gasteiger charge is 2.35. The Morgan fingerprint density at radius 1 is 1.08 bits per heavy atom. The number of amides is 1. The maximum absolute atomic E-state index is 13.3. The Bertz CT molecular complexity index is 1480. The first kappa shape index (κ1) is 25.8. The number of hydrogen-bond donors (Lipinski definition) is 2. The van der Waals surface area contributed by atoms with Gasteiger partial charge in [0.25, 0.3) is 5.56 Å². The van der Waals surface area contributed by atoms with Gasteiger partial charge in [0.2, 0.25) is 5.91 Å². The van der Waals surface area contributed by atoms with Crippen LogP contribution in [0.1, 0.15) is 43.2 Å². The van der Waals surface area contributed by atoms with Crippen LogP contribution in [0, 0.1) is 0 Å². The molecule has 1 saturated heterocycles. The SMILES string of the molecule is CC(CC(=O)N1CCC(O)(Cn2cnc3c(-c4ccc(CN)cc4)n(C)nc3c2=O)CC1)c1ccccc1. The van der Waals surface area contributed by atoms with Crippen molar-refractivity contribution in [2.45, 2.75) is 50.8 Å². The topological polar surface area (TPSA) is 119 Å². The van der Waals surface area contributed by atoms with Crippen molar-refractivity contribution in [3.63, 3.8) is 0 Å². The van der Waals surface area contributed by atoms with Crippen LogP contribution in [0.2, 0.25) is 0 Å². The van der Waals surface area contributed by atoms with Gasteiger partial charge in [0.05, 0.1) is 24.2 Å². The lowest BCUT2D eigenvalue weighted by Crippen LogP contribution is -2.49. The summed E-state index contributed by atoms with van der Waals surface area (Å²) in [5.74, 6) is 0.215. The van der Waals surface area contributed by atoms with E-state index in [1.54, 1.807) is 11.7 Å². The van der Waals surface area contributed by atoms with E-state index in [4.69, 9.17) is 5.73 Å². The summed E-state index contributed by atoms with van der Waals surface area (Å²) < 4.78 is 3.10. The van der Waals surface area contributed by atoms with E-state index in [1.165, 1.54) is 10.9 Å². The second-order valence-electron chi connectivity index (χ2n) is 10.4. The zero-order valence-corrected chi connectivity index (χ0v) is 21.9. The Hall–Kier alpha value is -3.82. The number of aliphatic hydroxyl groups is 1. The summed E-state index contributed by atoms with van der Waals surface area (Å²) >= 11 is 0. The molecular formula is C29H34N6O3. The number of aryl methyl sites for hydroxylation is 1. The number of nitrogens with two attached hydrogens (primary N) is 1. The van der Waals surface area contributed by atoms with E-state index in [9.17, 15) is 14.7 Å². The number of carbonyl (C=O) groups excluding carboxylic acids is 1. The Balaban J connectivity index is 1.28. The van der Waals surface area contributed by atoms with Crippen LogP contribution >= 0.6 is 0 Å². The number of piperidine rings is 1. The van der Waals surface area contributed by atoms with Crippen LogP contribution in [0.5, 0.6) is 0 Å². The first-order chi connectivity index (χ1) is 18.3. The maximum Gasteiger partial charge on any atom is 0.281 e. The molecule has 0 bridgehead atoms. The lowest BCUT2D eigenvalue weighted by molar-refractivity contribution is -0.136. The fourth-order valence-electron chi connectivity index (χ4n) is 5.27. The molecule has 38 heavy (non-hydrogen) atoms. The highest BCUT2D eigenvalue weighted by molar-refractivity contribution is 5.89. The number of rotatable bonds is 7. The summed E-state index contributed by atoms with van der Waals surface area (Å²) in [4.78, 5) is 32.6. The Morgan fingerprint density at radius 3 is 2.42 bits per heavy atom. The molecule has 0 aliphatic carbocycles. The van der Waals surface area contributed by atoms with Crippen molar-refractivity contribution in [1.82, 2.24) is 24.2 Å². The van der Waals surface area contributed by atoms with Crippen molar-refractivity contribution < 1.29 is 9.90 Å². The third-order valence-electron chi connectivity index (χ3n) is 7.64. The van der Waals surface area contributed by atoms with E-state index < -0.39 is 5.60 Å². The van der Waals surface area contributed by atoms with Gasteiger partial charge in [-0.15, -0.1) is 0 Å². The Morgan fingerprint density at radius 2 is 1.76 bits per heavy atom. The molecule has 9 nitrogen and oxygen atoms in total. The average Bonchev–Trinajstić information content (AvgIpc) is 3.27. The number of aromatic nitrogens is 4. The highest BCUT2D eigenvalue weighted by atomic mass is 16.3. The normalized spacial score (nSPS) is 16.1. The molecular weight excluding hydrogens is 480 g/mol. The quantitative estimate of drug-likeness (QED) is 0.391. The average molecular weight is 515 g/mol. The molecule has 1 aliphatic rings. The van der Waals surface area contributed by atoms with Gasteiger partial charge < -0.3 is 15.7 Å². The van der Waals surface area contributed by atoms with Gasteiger partial charge >= 0.3 is 0 Å². The zero-order chi connectivity index (χ0) is 26.9. The fraction of sp³-hybridized carbons (Fsp3) is 0.379. The van der Waals surface area contributed by atoms with Crippen molar-refractivity contribution in [3.8, 4) is 11.3 Å². The summed E-state index contributed by atoms with van der Waals surface area (Å²) in [5.41, 5.74) is 8.91. The molecule has 1 atom stereocenters. The van der Waals surface area contributed by atoms with E-state index in [2.05, 4.69) is 17.0 Å². The van der Waals surface area contributed by atoms with Crippen molar-refractivity contribution in [2.24, 2.45) is 12.8 Å². The van der Waals surface area contributed by atoms with Gasteiger partial charge in [-0.1, -0.05) is 61.5 Å². The molecule has 0 radical (unpaired) electrons. The van der Waals surface area contributed by atoms with Gasteiger partial charge in [0, 0.05) is 38.7 Å². The van der Waals surface area contributed by atoms with Crippen LogP contribution in [0.3, 0.4) is 0 Å². The smallest absolute Gasteiger partial charge is 0.281 e.